The van der Waals surface area contributed by atoms with Crippen molar-refractivity contribution in [1.82, 2.24) is 9.97 Å². The summed E-state index contributed by atoms with van der Waals surface area (Å²) in [7, 11) is 0. The van der Waals surface area contributed by atoms with Crippen molar-refractivity contribution in [3.8, 4) is 11.4 Å². The van der Waals surface area contributed by atoms with Crippen molar-refractivity contribution in [3.05, 3.63) is 47.2 Å². The highest BCUT2D eigenvalue weighted by Gasteiger charge is 2.08. The third-order valence-electron chi connectivity index (χ3n) is 2.47. The van der Waals surface area contributed by atoms with Gasteiger partial charge in [0.1, 0.15) is 0 Å². The number of halogens is 1. The predicted octanol–water partition coefficient (Wildman–Crippen LogP) is 3.92. The molecule has 2 aromatic rings. The van der Waals surface area contributed by atoms with Crippen LogP contribution in [0.2, 0.25) is 5.02 Å². The van der Waals surface area contributed by atoms with E-state index in [1.165, 1.54) is 5.56 Å². The molecule has 0 aliphatic heterocycles. The summed E-state index contributed by atoms with van der Waals surface area (Å²) in [5, 5.41) is 0.706. The smallest absolute Gasteiger partial charge is 0.160 e. The van der Waals surface area contributed by atoms with Gasteiger partial charge in [0.2, 0.25) is 0 Å². The molecule has 3 heteroatoms. The minimum absolute atomic E-state index is 0.475. The maximum Gasteiger partial charge on any atom is 0.160 e. The van der Waals surface area contributed by atoms with E-state index < -0.39 is 0 Å². The normalized spacial score (nSPS) is 10.8. The van der Waals surface area contributed by atoms with Crippen LogP contribution >= 0.6 is 11.6 Å². The zero-order chi connectivity index (χ0) is 11.5. The molecule has 1 heterocycles. The second-order valence-electron chi connectivity index (χ2n) is 3.97. The van der Waals surface area contributed by atoms with E-state index in [-0.39, 0.29) is 0 Å². The first-order valence-corrected chi connectivity index (χ1v) is 5.63. The molecule has 2 rings (SSSR count). The highest BCUT2D eigenvalue weighted by atomic mass is 35.5. The van der Waals surface area contributed by atoms with Crippen molar-refractivity contribution in [3.63, 3.8) is 0 Å². The van der Waals surface area contributed by atoms with Crippen molar-refractivity contribution in [1.29, 1.82) is 0 Å². The zero-order valence-electron chi connectivity index (χ0n) is 9.31. The van der Waals surface area contributed by atoms with E-state index in [1.807, 2.05) is 12.1 Å². The number of hydrogen-bond donors (Lipinski definition) is 0. The molecule has 0 aliphatic rings. The zero-order valence-corrected chi connectivity index (χ0v) is 10.1. The van der Waals surface area contributed by atoms with Gasteiger partial charge in [0.15, 0.2) is 5.82 Å². The molecular weight excluding hydrogens is 220 g/mol. The Morgan fingerprint density at radius 1 is 1.12 bits per heavy atom. The minimum atomic E-state index is 0.475. The van der Waals surface area contributed by atoms with Gasteiger partial charge in [0.05, 0.1) is 5.02 Å². The van der Waals surface area contributed by atoms with Crippen molar-refractivity contribution < 1.29 is 0 Å². The molecule has 2 nitrogen and oxygen atoms in total. The van der Waals surface area contributed by atoms with Crippen LogP contribution in [0.1, 0.15) is 25.3 Å². The molecule has 82 valence electrons. The molecule has 0 amide bonds. The van der Waals surface area contributed by atoms with Gasteiger partial charge in [0.25, 0.3) is 0 Å². The van der Waals surface area contributed by atoms with Gasteiger partial charge < -0.3 is 0 Å². The molecule has 16 heavy (non-hydrogen) atoms. The lowest BCUT2D eigenvalue weighted by Crippen LogP contribution is -1.91. The van der Waals surface area contributed by atoms with Crippen LogP contribution in [0.15, 0.2) is 36.7 Å². The fourth-order valence-corrected chi connectivity index (χ4v) is 1.78. The Morgan fingerprint density at radius 2 is 1.81 bits per heavy atom. The maximum absolute atomic E-state index is 6.23. The average Bonchev–Trinajstić information content (AvgIpc) is 2.30. The van der Waals surface area contributed by atoms with Crippen LogP contribution in [0.4, 0.5) is 0 Å². The van der Waals surface area contributed by atoms with Gasteiger partial charge in [-0.1, -0.05) is 31.5 Å². The number of nitrogens with zero attached hydrogens (tertiary/aromatic N) is 2. The van der Waals surface area contributed by atoms with Crippen molar-refractivity contribution in [2.24, 2.45) is 0 Å². The van der Waals surface area contributed by atoms with Gasteiger partial charge in [-0.15, -0.1) is 0 Å². The summed E-state index contributed by atoms with van der Waals surface area (Å²) in [5.41, 5.74) is 2.11. The fraction of sp³-hybridized carbons (Fsp3) is 0.231. The van der Waals surface area contributed by atoms with E-state index >= 15 is 0 Å². The van der Waals surface area contributed by atoms with E-state index in [0.717, 1.165) is 5.56 Å². The Bertz CT molecular complexity index is 481. The summed E-state index contributed by atoms with van der Waals surface area (Å²) in [5.74, 6) is 1.14. The van der Waals surface area contributed by atoms with Crippen LogP contribution < -0.4 is 0 Å². The Hall–Kier alpha value is -1.41. The summed E-state index contributed by atoms with van der Waals surface area (Å²) in [6, 6.07) is 7.83. The lowest BCUT2D eigenvalue weighted by atomic mass is 10.0. The number of benzene rings is 1. The number of rotatable bonds is 2. The number of aromatic nitrogens is 2. The molecule has 0 bridgehead atoms. The Morgan fingerprint density at radius 3 is 2.38 bits per heavy atom. The van der Waals surface area contributed by atoms with Gasteiger partial charge in [0, 0.05) is 18.0 Å². The Kier molecular flexibility index (Phi) is 3.20. The molecule has 0 unspecified atom stereocenters. The molecular formula is C13H13ClN2. The van der Waals surface area contributed by atoms with E-state index in [4.69, 9.17) is 11.6 Å². The minimum Gasteiger partial charge on any atom is -0.237 e. The van der Waals surface area contributed by atoms with E-state index in [1.54, 1.807) is 18.5 Å². The van der Waals surface area contributed by atoms with Crippen LogP contribution in [-0.4, -0.2) is 9.97 Å². The molecule has 0 spiro atoms. The lowest BCUT2D eigenvalue weighted by molar-refractivity contribution is 0.867. The molecule has 0 saturated carbocycles. The summed E-state index contributed by atoms with van der Waals surface area (Å²) in [6.07, 6.45) is 3.43. The lowest BCUT2D eigenvalue weighted by Gasteiger charge is -2.08. The van der Waals surface area contributed by atoms with Crippen LogP contribution in [0, 0.1) is 0 Å². The van der Waals surface area contributed by atoms with Gasteiger partial charge in [-0.25, -0.2) is 9.97 Å². The highest BCUT2D eigenvalue weighted by molar-refractivity contribution is 6.33. The first kappa shape index (κ1) is 11.1. The van der Waals surface area contributed by atoms with Gasteiger partial charge in [-0.05, 0) is 29.7 Å². The summed E-state index contributed by atoms with van der Waals surface area (Å²) >= 11 is 6.23. The van der Waals surface area contributed by atoms with Crippen molar-refractivity contribution in [2.45, 2.75) is 19.8 Å². The standard InChI is InChI=1S/C13H13ClN2/c1-9(2)10-4-5-11(12(14)8-10)13-15-6-3-7-16-13/h3-9H,1-2H3. The molecule has 1 aromatic carbocycles. The second-order valence-corrected chi connectivity index (χ2v) is 4.37. The van der Waals surface area contributed by atoms with Crippen molar-refractivity contribution in [2.75, 3.05) is 0 Å². The van der Waals surface area contributed by atoms with Crippen LogP contribution in [0.3, 0.4) is 0 Å². The van der Waals surface area contributed by atoms with E-state index in [9.17, 15) is 0 Å². The highest BCUT2D eigenvalue weighted by Crippen LogP contribution is 2.28. The molecule has 0 aliphatic carbocycles. The van der Waals surface area contributed by atoms with Gasteiger partial charge in [-0.3, -0.25) is 0 Å². The summed E-state index contributed by atoms with van der Waals surface area (Å²) in [4.78, 5) is 8.38. The second kappa shape index (κ2) is 4.62. The van der Waals surface area contributed by atoms with Crippen molar-refractivity contribution >= 4 is 11.6 Å². The predicted molar refractivity (Wildman–Crippen MR) is 66.6 cm³/mol. The molecule has 0 atom stereocenters. The number of hydrogen-bond acceptors (Lipinski definition) is 2. The largest absolute Gasteiger partial charge is 0.237 e. The van der Waals surface area contributed by atoms with Gasteiger partial charge >= 0.3 is 0 Å². The maximum atomic E-state index is 6.23. The topological polar surface area (TPSA) is 25.8 Å². The average molecular weight is 233 g/mol. The summed E-state index contributed by atoms with van der Waals surface area (Å²) < 4.78 is 0. The first-order valence-electron chi connectivity index (χ1n) is 5.25. The quantitative estimate of drug-likeness (QED) is 0.784. The Balaban J connectivity index is 2.45. The van der Waals surface area contributed by atoms with Crippen LogP contribution in [0.5, 0.6) is 0 Å². The summed E-state index contributed by atoms with van der Waals surface area (Å²) in [6.45, 7) is 4.29. The van der Waals surface area contributed by atoms with Gasteiger partial charge in [-0.2, -0.15) is 0 Å². The molecule has 1 aromatic heterocycles. The SMILES string of the molecule is CC(C)c1ccc(-c2ncccn2)c(Cl)c1. The third kappa shape index (κ3) is 2.22. The van der Waals surface area contributed by atoms with Crippen LogP contribution in [0.25, 0.3) is 11.4 Å². The fourth-order valence-electron chi connectivity index (χ4n) is 1.51. The van der Waals surface area contributed by atoms with Crippen LogP contribution in [-0.2, 0) is 0 Å². The van der Waals surface area contributed by atoms with E-state index in [0.29, 0.717) is 16.8 Å². The first-order chi connectivity index (χ1) is 7.68. The van der Waals surface area contributed by atoms with E-state index in [2.05, 4.69) is 29.9 Å². The third-order valence-corrected chi connectivity index (χ3v) is 2.78. The molecule has 0 fully saturated rings. The Labute approximate surface area is 100 Å². The molecule has 0 N–H and O–H groups in total. The monoisotopic (exact) mass is 232 g/mol. The molecule has 0 saturated heterocycles. The molecule has 0 radical (unpaired) electrons.